The number of hydrogen-bond acceptors (Lipinski definition) is 3. The van der Waals surface area contributed by atoms with E-state index in [2.05, 4.69) is 17.1 Å². The maximum atomic E-state index is 11.5. The molecule has 2 rings (SSSR count). The van der Waals surface area contributed by atoms with E-state index >= 15 is 0 Å². The zero-order chi connectivity index (χ0) is 13.8. The van der Waals surface area contributed by atoms with Crippen LogP contribution in [0, 0.1) is 6.92 Å². The van der Waals surface area contributed by atoms with Gasteiger partial charge in [0, 0.05) is 25.2 Å². The van der Waals surface area contributed by atoms with Gasteiger partial charge < -0.3 is 11.1 Å². The van der Waals surface area contributed by atoms with Crippen LogP contribution in [0.2, 0.25) is 0 Å². The summed E-state index contributed by atoms with van der Waals surface area (Å²) in [5.74, 6) is 0.106. The lowest BCUT2D eigenvalue weighted by molar-refractivity contribution is -0.121. The quantitative estimate of drug-likeness (QED) is 0.808. The van der Waals surface area contributed by atoms with Crippen molar-refractivity contribution in [3.63, 3.8) is 0 Å². The number of benzene rings is 1. The van der Waals surface area contributed by atoms with Crippen LogP contribution in [0.4, 0.5) is 0 Å². The summed E-state index contributed by atoms with van der Waals surface area (Å²) in [5.41, 5.74) is 8.90. The second-order valence-corrected chi connectivity index (χ2v) is 5.36. The van der Waals surface area contributed by atoms with Gasteiger partial charge in [-0.05, 0) is 30.5 Å². The Kier molecular flexibility index (Phi) is 4.50. The maximum Gasteiger partial charge on any atom is 0.234 e. The summed E-state index contributed by atoms with van der Waals surface area (Å²) >= 11 is 4.97. The summed E-state index contributed by atoms with van der Waals surface area (Å²) in [4.78, 5) is 14.1. The lowest BCUT2D eigenvalue weighted by atomic mass is 10.0. The van der Waals surface area contributed by atoms with E-state index in [9.17, 15) is 4.79 Å². The fourth-order valence-corrected chi connectivity index (χ4v) is 2.40. The molecule has 0 bridgehead atoms. The number of thiocarbonyl (C=S) groups is 1. The number of carbonyl (C=O) groups excluding carboxylic acids is 1. The van der Waals surface area contributed by atoms with Crippen molar-refractivity contribution in [1.29, 1.82) is 0 Å². The fraction of sp³-hybridized carbons (Fsp3) is 0.429. The number of carbonyl (C=O) groups is 1. The van der Waals surface area contributed by atoms with Gasteiger partial charge in [0.2, 0.25) is 5.91 Å². The third-order valence-electron chi connectivity index (χ3n) is 3.36. The minimum atomic E-state index is 0.106. The van der Waals surface area contributed by atoms with Crippen molar-refractivity contribution >= 4 is 23.1 Å². The average Bonchev–Trinajstić information content (AvgIpc) is 2.56. The van der Waals surface area contributed by atoms with Gasteiger partial charge >= 0.3 is 0 Å². The number of nitrogens with one attached hydrogen (secondary N) is 1. The number of aryl methyl sites for hydroxylation is 1. The molecule has 1 aliphatic heterocycles. The molecule has 0 aromatic heterocycles. The Hall–Kier alpha value is -1.46. The van der Waals surface area contributed by atoms with E-state index in [-0.39, 0.29) is 5.91 Å². The Balaban J connectivity index is 2.10. The van der Waals surface area contributed by atoms with Gasteiger partial charge in [0.15, 0.2) is 0 Å². The fourth-order valence-electron chi connectivity index (χ4n) is 2.27. The molecule has 19 heavy (non-hydrogen) atoms. The molecule has 3 N–H and O–H groups in total. The molecule has 0 unspecified atom stereocenters. The van der Waals surface area contributed by atoms with Crippen molar-refractivity contribution in [2.24, 2.45) is 5.73 Å². The van der Waals surface area contributed by atoms with Gasteiger partial charge in [0.25, 0.3) is 0 Å². The summed E-state index contributed by atoms with van der Waals surface area (Å²) in [6.07, 6.45) is 0.996. The van der Waals surface area contributed by atoms with Crippen molar-refractivity contribution in [3.05, 3.63) is 34.9 Å². The monoisotopic (exact) mass is 277 g/mol. The molecule has 102 valence electrons. The summed E-state index contributed by atoms with van der Waals surface area (Å²) in [6, 6.07) is 6.00. The van der Waals surface area contributed by atoms with Gasteiger partial charge in [0.1, 0.15) is 4.99 Å². The molecule has 1 saturated heterocycles. The number of nitrogens with two attached hydrogens (primary N) is 1. The minimum absolute atomic E-state index is 0.106. The molecule has 0 saturated carbocycles. The minimum Gasteiger partial charge on any atom is -0.389 e. The van der Waals surface area contributed by atoms with Crippen LogP contribution in [0.25, 0.3) is 0 Å². The number of rotatable bonds is 3. The summed E-state index contributed by atoms with van der Waals surface area (Å²) in [5, 5.41) is 2.88. The van der Waals surface area contributed by atoms with Crippen molar-refractivity contribution in [1.82, 2.24) is 10.2 Å². The Labute approximate surface area is 119 Å². The van der Waals surface area contributed by atoms with Crippen molar-refractivity contribution < 1.29 is 4.79 Å². The predicted octanol–water partition coefficient (Wildman–Crippen LogP) is 0.951. The van der Waals surface area contributed by atoms with Crippen LogP contribution in [0.1, 0.15) is 23.1 Å². The topological polar surface area (TPSA) is 58.4 Å². The first kappa shape index (κ1) is 14.0. The lowest BCUT2D eigenvalue weighted by Gasteiger charge is -2.20. The molecular formula is C14H19N3OS. The van der Waals surface area contributed by atoms with Crippen LogP contribution < -0.4 is 11.1 Å². The molecule has 1 aromatic carbocycles. The molecule has 0 spiro atoms. The molecule has 1 aliphatic rings. The van der Waals surface area contributed by atoms with E-state index in [1.54, 1.807) is 0 Å². The lowest BCUT2D eigenvalue weighted by Crippen LogP contribution is -2.32. The van der Waals surface area contributed by atoms with E-state index < -0.39 is 0 Å². The van der Waals surface area contributed by atoms with E-state index in [4.69, 9.17) is 18.0 Å². The van der Waals surface area contributed by atoms with Crippen LogP contribution in [0.15, 0.2) is 18.2 Å². The summed E-state index contributed by atoms with van der Waals surface area (Å²) in [6.45, 7) is 5.02. The number of amides is 1. The smallest absolute Gasteiger partial charge is 0.234 e. The first-order valence-corrected chi connectivity index (χ1v) is 6.85. The standard InChI is InChI=1S/C14H19N3OS/c1-10-7-11(14(15)19)3-4-12(10)8-17-6-2-5-16-13(18)9-17/h3-4,7H,2,5-6,8-9H2,1H3,(H2,15,19)(H,16,18). The molecule has 1 heterocycles. The Bertz CT molecular complexity index is 501. The van der Waals surface area contributed by atoms with Crippen LogP contribution in [-0.4, -0.2) is 35.4 Å². The average molecular weight is 277 g/mol. The molecule has 4 nitrogen and oxygen atoms in total. The first-order chi connectivity index (χ1) is 9.06. The van der Waals surface area contributed by atoms with Crippen molar-refractivity contribution in [3.8, 4) is 0 Å². The normalized spacial score (nSPS) is 16.8. The van der Waals surface area contributed by atoms with Gasteiger partial charge in [-0.3, -0.25) is 9.69 Å². The molecular weight excluding hydrogens is 258 g/mol. The largest absolute Gasteiger partial charge is 0.389 e. The molecule has 1 fully saturated rings. The molecule has 0 aliphatic carbocycles. The van der Waals surface area contributed by atoms with Gasteiger partial charge in [-0.15, -0.1) is 0 Å². The third kappa shape index (κ3) is 3.75. The Morgan fingerprint density at radius 2 is 2.32 bits per heavy atom. The first-order valence-electron chi connectivity index (χ1n) is 6.44. The Morgan fingerprint density at radius 1 is 1.53 bits per heavy atom. The number of hydrogen-bond donors (Lipinski definition) is 2. The van der Waals surface area contributed by atoms with E-state index in [1.807, 2.05) is 18.2 Å². The van der Waals surface area contributed by atoms with Gasteiger partial charge in [0.05, 0.1) is 6.54 Å². The van der Waals surface area contributed by atoms with E-state index in [0.29, 0.717) is 11.5 Å². The van der Waals surface area contributed by atoms with Crippen molar-refractivity contribution in [2.75, 3.05) is 19.6 Å². The van der Waals surface area contributed by atoms with Crippen LogP contribution in [0.3, 0.4) is 0 Å². The second-order valence-electron chi connectivity index (χ2n) is 4.92. The highest BCUT2D eigenvalue weighted by molar-refractivity contribution is 7.80. The zero-order valence-corrected chi connectivity index (χ0v) is 11.9. The predicted molar refractivity (Wildman–Crippen MR) is 80.0 cm³/mol. The highest BCUT2D eigenvalue weighted by atomic mass is 32.1. The van der Waals surface area contributed by atoms with Crippen LogP contribution >= 0.6 is 12.2 Å². The maximum absolute atomic E-state index is 11.5. The second kappa shape index (κ2) is 6.12. The van der Waals surface area contributed by atoms with Gasteiger partial charge in [-0.1, -0.05) is 24.4 Å². The van der Waals surface area contributed by atoms with E-state index in [0.717, 1.165) is 37.2 Å². The van der Waals surface area contributed by atoms with E-state index in [1.165, 1.54) is 5.56 Å². The van der Waals surface area contributed by atoms with Crippen molar-refractivity contribution in [2.45, 2.75) is 19.9 Å². The Morgan fingerprint density at radius 3 is 3.00 bits per heavy atom. The highest BCUT2D eigenvalue weighted by Gasteiger charge is 2.15. The summed E-state index contributed by atoms with van der Waals surface area (Å²) < 4.78 is 0. The SMILES string of the molecule is Cc1cc(C(N)=S)ccc1CN1CCCNC(=O)C1. The zero-order valence-electron chi connectivity index (χ0n) is 11.1. The molecule has 0 atom stereocenters. The van der Waals surface area contributed by atoms with Crippen LogP contribution in [0.5, 0.6) is 0 Å². The summed E-state index contributed by atoms with van der Waals surface area (Å²) in [7, 11) is 0. The molecule has 5 heteroatoms. The van der Waals surface area contributed by atoms with Crippen LogP contribution in [-0.2, 0) is 11.3 Å². The number of nitrogens with zero attached hydrogens (tertiary/aromatic N) is 1. The third-order valence-corrected chi connectivity index (χ3v) is 3.60. The molecule has 0 radical (unpaired) electrons. The van der Waals surface area contributed by atoms with Gasteiger partial charge in [-0.25, -0.2) is 0 Å². The molecule has 1 aromatic rings. The molecule has 1 amide bonds. The van der Waals surface area contributed by atoms with Gasteiger partial charge in [-0.2, -0.15) is 0 Å². The highest BCUT2D eigenvalue weighted by Crippen LogP contribution is 2.14.